The third-order valence-electron chi connectivity index (χ3n) is 13.7. The number of hydrogen-bond donors (Lipinski definition) is 0. The summed E-state index contributed by atoms with van der Waals surface area (Å²) in [5, 5.41) is 5.20. The van der Waals surface area contributed by atoms with Crippen LogP contribution in [0.4, 0.5) is 17.1 Å². The Morgan fingerprint density at radius 2 is 1.02 bits per heavy atom. The van der Waals surface area contributed by atoms with Gasteiger partial charge in [-0.15, -0.1) is 0 Å². The zero-order chi connectivity index (χ0) is 42.1. The Balaban J connectivity index is 0.897. The Hall–Kier alpha value is -7.68. The Labute approximate surface area is 369 Å². The Kier molecular flexibility index (Phi) is 8.69. The van der Waals surface area contributed by atoms with Crippen molar-refractivity contribution in [1.29, 1.82) is 0 Å². The summed E-state index contributed by atoms with van der Waals surface area (Å²) < 4.78 is 2.49. The average molecular weight is 807 g/mol. The molecule has 300 valence electrons. The van der Waals surface area contributed by atoms with Crippen molar-refractivity contribution < 1.29 is 0 Å². The smallest absolute Gasteiger partial charge is 0.0544 e. The fourth-order valence-electron chi connectivity index (χ4n) is 10.4. The minimum atomic E-state index is -0.0929. The molecule has 0 saturated heterocycles. The van der Waals surface area contributed by atoms with Crippen molar-refractivity contribution in [3.05, 3.63) is 230 Å². The molecule has 63 heavy (non-hydrogen) atoms. The number of fused-ring (bicyclic) bond motifs is 8. The molecule has 0 saturated carbocycles. The molecule has 0 N–H and O–H groups in total. The van der Waals surface area contributed by atoms with Gasteiger partial charge in [0.2, 0.25) is 0 Å². The molecule has 0 aliphatic heterocycles. The first-order valence-corrected chi connectivity index (χ1v) is 22.2. The first-order chi connectivity index (χ1) is 31.0. The third kappa shape index (κ3) is 6.16. The summed E-state index contributed by atoms with van der Waals surface area (Å²) in [7, 11) is 0. The number of aromatic nitrogens is 1. The van der Waals surface area contributed by atoms with Crippen molar-refractivity contribution in [2.45, 2.75) is 32.1 Å². The molecule has 1 heterocycles. The zero-order valence-electron chi connectivity index (χ0n) is 35.6. The lowest BCUT2D eigenvalue weighted by Crippen LogP contribution is -2.16. The number of hydrogen-bond acceptors (Lipinski definition) is 1. The molecule has 2 heteroatoms. The van der Waals surface area contributed by atoms with E-state index in [1.165, 1.54) is 93.9 Å². The van der Waals surface area contributed by atoms with Crippen molar-refractivity contribution >= 4 is 55.3 Å². The zero-order valence-corrected chi connectivity index (χ0v) is 35.6. The van der Waals surface area contributed by atoms with Gasteiger partial charge < -0.3 is 9.47 Å². The molecule has 0 atom stereocenters. The van der Waals surface area contributed by atoms with Crippen LogP contribution in [0.5, 0.6) is 0 Å². The first kappa shape index (κ1) is 37.1. The molecule has 0 spiro atoms. The maximum Gasteiger partial charge on any atom is 0.0544 e. The summed E-state index contributed by atoms with van der Waals surface area (Å²) in [4.78, 5) is 2.40. The van der Waals surface area contributed by atoms with Crippen LogP contribution in [-0.4, -0.2) is 4.57 Å². The Bertz CT molecular complexity index is 3440. The summed E-state index contributed by atoms with van der Waals surface area (Å²) in [6.07, 6.45) is 8.85. The molecule has 0 radical (unpaired) electrons. The summed E-state index contributed by atoms with van der Waals surface area (Å²) in [5.41, 5.74) is 19.9. The molecule has 2 aliphatic rings. The highest BCUT2D eigenvalue weighted by atomic mass is 15.1. The fourth-order valence-corrected chi connectivity index (χ4v) is 10.4. The highest BCUT2D eigenvalue weighted by Gasteiger charge is 2.35. The van der Waals surface area contributed by atoms with Crippen molar-refractivity contribution in [1.82, 2.24) is 4.57 Å². The molecule has 2 aliphatic carbocycles. The predicted octanol–water partition coefficient (Wildman–Crippen LogP) is 16.9. The van der Waals surface area contributed by atoms with Crippen LogP contribution in [0.15, 0.2) is 218 Å². The van der Waals surface area contributed by atoms with Gasteiger partial charge in [0.15, 0.2) is 0 Å². The normalized spacial score (nSPS) is 13.9. The Morgan fingerprint density at radius 3 is 1.73 bits per heavy atom. The maximum absolute atomic E-state index is 2.49. The van der Waals surface area contributed by atoms with Gasteiger partial charge in [0, 0.05) is 38.9 Å². The molecule has 12 rings (SSSR count). The van der Waals surface area contributed by atoms with Crippen molar-refractivity contribution in [2.24, 2.45) is 0 Å². The van der Waals surface area contributed by atoms with E-state index in [4.69, 9.17) is 0 Å². The Morgan fingerprint density at radius 1 is 0.444 bits per heavy atom. The van der Waals surface area contributed by atoms with Crippen LogP contribution >= 0.6 is 0 Å². The molecular formula is C61H46N2. The summed E-state index contributed by atoms with van der Waals surface area (Å²) in [5.74, 6) is 0. The van der Waals surface area contributed by atoms with Crippen molar-refractivity contribution in [3.8, 4) is 44.5 Å². The van der Waals surface area contributed by atoms with E-state index >= 15 is 0 Å². The minimum absolute atomic E-state index is 0.0929. The largest absolute Gasteiger partial charge is 0.313 e. The maximum atomic E-state index is 2.49. The fraction of sp³-hybridized carbons (Fsp3) is 0.0820. The predicted molar refractivity (Wildman–Crippen MR) is 268 cm³/mol. The third-order valence-corrected chi connectivity index (χ3v) is 13.7. The lowest BCUT2D eigenvalue weighted by Gasteiger charge is -2.28. The van der Waals surface area contributed by atoms with E-state index in [0.29, 0.717) is 0 Å². The van der Waals surface area contributed by atoms with E-state index in [-0.39, 0.29) is 5.41 Å². The molecule has 2 nitrogen and oxygen atoms in total. The average Bonchev–Trinajstić information content (AvgIpc) is 3.80. The van der Waals surface area contributed by atoms with Crippen LogP contribution in [-0.2, 0) is 5.41 Å². The van der Waals surface area contributed by atoms with Gasteiger partial charge in [-0.2, -0.15) is 0 Å². The molecule has 9 aromatic carbocycles. The highest BCUT2D eigenvalue weighted by Crippen LogP contribution is 2.51. The highest BCUT2D eigenvalue weighted by molar-refractivity contribution is 6.22. The van der Waals surface area contributed by atoms with Crippen LogP contribution in [0, 0.1) is 0 Å². The van der Waals surface area contributed by atoms with Gasteiger partial charge in [0.1, 0.15) is 0 Å². The minimum Gasteiger partial charge on any atom is -0.313 e. The number of nitrogens with zero attached hydrogens (tertiary/aromatic N) is 2. The van der Waals surface area contributed by atoms with E-state index in [0.717, 1.165) is 29.9 Å². The molecule has 10 aromatic rings. The van der Waals surface area contributed by atoms with Gasteiger partial charge in [-0.25, -0.2) is 0 Å². The molecule has 0 unspecified atom stereocenters. The molecule has 0 bridgehead atoms. The second kappa shape index (κ2) is 14.8. The summed E-state index contributed by atoms with van der Waals surface area (Å²) in [6, 6.07) is 74.1. The lowest BCUT2D eigenvalue weighted by molar-refractivity contribution is 0.660. The first-order valence-electron chi connectivity index (χ1n) is 22.2. The second-order valence-electron chi connectivity index (χ2n) is 17.6. The van der Waals surface area contributed by atoms with Gasteiger partial charge >= 0.3 is 0 Å². The van der Waals surface area contributed by atoms with Crippen LogP contribution in [0.2, 0.25) is 0 Å². The summed E-state index contributed by atoms with van der Waals surface area (Å²) in [6.45, 7) is 4.71. The van der Waals surface area contributed by atoms with E-state index in [1.807, 2.05) is 0 Å². The van der Waals surface area contributed by atoms with Gasteiger partial charge in [0.05, 0.1) is 11.0 Å². The van der Waals surface area contributed by atoms with Crippen LogP contribution in [0.25, 0.3) is 82.8 Å². The standard InChI is InChI=1S/C61H46N2/c1-61(2)56-20-12-11-19-53(56)54-36-35-51(40-57(54)61)62(49-31-25-43(26-32-49)41-13-5-3-6-14-41)50-33-27-44(28-34-50)42-21-23-45(24-22-42)47-30-37-58-55(39-47)60-52-18-10-9-15-46(52)29-38-59(60)63(58)48-16-7-4-8-17-48/h3-7,9-16,18-40H,8,17H2,1-2H3. The topological polar surface area (TPSA) is 8.17 Å². The number of rotatable bonds is 7. The second-order valence-corrected chi connectivity index (χ2v) is 17.6. The van der Waals surface area contributed by atoms with Crippen LogP contribution < -0.4 is 4.90 Å². The number of allylic oxidation sites excluding steroid dienone is 4. The van der Waals surface area contributed by atoms with Gasteiger partial charge in [-0.3, -0.25) is 0 Å². The van der Waals surface area contributed by atoms with Gasteiger partial charge in [-0.1, -0.05) is 172 Å². The molecule has 0 fully saturated rings. The van der Waals surface area contributed by atoms with E-state index in [1.54, 1.807) is 0 Å². The van der Waals surface area contributed by atoms with Gasteiger partial charge in [0.25, 0.3) is 0 Å². The lowest BCUT2D eigenvalue weighted by atomic mass is 9.82. The molecule has 0 amide bonds. The quantitative estimate of drug-likeness (QED) is 0.156. The molecular weight excluding hydrogens is 761 g/mol. The van der Waals surface area contributed by atoms with Crippen molar-refractivity contribution in [2.75, 3.05) is 4.90 Å². The van der Waals surface area contributed by atoms with Crippen LogP contribution in [0.3, 0.4) is 0 Å². The van der Waals surface area contributed by atoms with Gasteiger partial charge in [-0.05, 0) is 140 Å². The van der Waals surface area contributed by atoms with Crippen molar-refractivity contribution in [3.63, 3.8) is 0 Å². The number of anilines is 3. The molecule has 1 aromatic heterocycles. The SMILES string of the molecule is CC1(C)c2ccccc2-c2ccc(N(c3ccc(-c4ccccc4)cc3)c3ccc(-c4ccc(-c5ccc6c(c5)c5c7ccccc7ccc5n6C5=CC=CCC5)cc4)cc3)cc21. The van der Waals surface area contributed by atoms with Crippen LogP contribution in [0.1, 0.15) is 37.8 Å². The number of benzene rings is 9. The van der Waals surface area contributed by atoms with E-state index in [9.17, 15) is 0 Å². The monoisotopic (exact) mass is 806 g/mol. The van der Waals surface area contributed by atoms with E-state index in [2.05, 4.69) is 242 Å². The summed E-state index contributed by atoms with van der Waals surface area (Å²) >= 11 is 0. The van der Waals surface area contributed by atoms with E-state index < -0.39 is 0 Å².